The Bertz CT molecular complexity index is 568. The maximum Gasteiger partial charge on any atom is 0.309 e. The number of ether oxygens (including phenoxy) is 1. The quantitative estimate of drug-likeness (QED) is 0.516. The number of nitro benzene ring substituents is 1. The average molecular weight is 276 g/mol. The molecule has 1 fully saturated rings. The third-order valence-electron chi connectivity index (χ3n) is 4.23. The molecule has 0 bridgehead atoms. The van der Waals surface area contributed by atoms with Crippen molar-refractivity contribution in [2.24, 2.45) is 11.7 Å². The molecule has 3 rings (SSSR count). The fourth-order valence-electron chi connectivity index (χ4n) is 2.74. The van der Waals surface area contributed by atoms with Gasteiger partial charge in [0.05, 0.1) is 16.9 Å². The van der Waals surface area contributed by atoms with E-state index in [0.717, 1.165) is 24.8 Å². The van der Waals surface area contributed by atoms with Crippen molar-refractivity contribution < 1.29 is 14.5 Å². The summed E-state index contributed by atoms with van der Waals surface area (Å²) in [5.41, 5.74) is 7.73. The normalized spacial score (nSPS) is 24.9. The van der Waals surface area contributed by atoms with E-state index in [-0.39, 0.29) is 17.6 Å². The van der Waals surface area contributed by atoms with E-state index in [0.29, 0.717) is 12.0 Å². The van der Waals surface area contributed by atoms with E-state index in [2.05, 4.69) is 0 Å². The second-order valence-electron chi connectivity index (χ2n) is 5.47. The van der Waals surface area contributed by atoms with Gasteiger partial charge in [0.1, 0.15) is 6.10 Å². The fraction of sp³-hybridized carbons (Fsp3) is 0.500. The van der Waals surface area contributed by atoms with Crippen molar-refractivity contribution in [2.45, 2.75) is 37.8 Å². The van der Waals surface area contributed by atoms with Crippen LogP contribution in [0.3, 0.4) is 0 Å². The van der Waals surface area contributed by atoms with Crippen molar-refractivity contribution in [2.75, 3.05) is 0 Å². The van der Waals surface area contributed by atoms with Gasteiger partial charge in [0, 0.05) is 18.6 Å². The molecule has 0 unspecified atom stereocenters. The second-order valence-corrected chi connectivity index (χ2v) is 5.47. The van der Waals surface area contributed by atoms with Gasteiger partial charge in [-0.05, 0) is 24.0 Å². The lowest BCUT2D eigenvalue weighted by atomic mass is 9.85. The molecule has 20 heavy (non-hydrogen) atoms. The molecule has 1 saturated carbocycles. The Hall–Kier alpha value is -1.95. The van der Waals surface area contributed by atoms with Crippen LogP contribution in [0.1, 0.15) is 36.4 Å². The summed E-state index contributed by atoms with van der Waals surface area (Å²) in [5.74, 6) is -0.167. The van der Waals surface area contributed by atoms with Gasteiger partial charge in [-0.15, -0.1) is 0 Å². The zero-order valence-corrected chi connectivity index (χ0v) is 11.0. The predicted molar refractivity (Wildman–Crippen MR) is 70.9 cm³/mol. The molecule has 0 amide bonds. The fourth-order valence-corrected chi connectivity index (χ4v) is 2.74. The molecule has 0 radical (unpaired) electrons. The Balaban J connectivity index is 1.74. The minimum atomic E-state index is -0.478. The van der Waals surface area contributed by atoms with Crippen LogP contribution in [0.25, 0.3) is 0 Å². The molecule has 6 heteroatoms. The lowest BCUT2D eigenvalue weighted by molar-refractivity contribution is -0.384. The van der Waals surface area contributed by atoms with Crippen molar-refractivity contribution >= 4 is 11.7 Å². The number of nitrogens with two attached hydrogens (primary N) is 1. The van der Waals surface area contributed by atoms with Gasteiger partial charge in [0.2, 0.25) is 0 Å². The van der Waals surface area contributed by atoms with Crippen LogP contribution in [-0.4, -0.2) is 17.0 Å². The lowest BCUT2D eigenvalue weighted by Gasteiger charge is -2.26. The van der Waals surface area contributed by atoms with Crippen LogP contribution in [0.15, 0.2) is 18.2 Å². The van der Waals surface area contributed by atoms with E-state index in [4.69, 9.17) is 10.5 Å². The molecule has 0 saturated heterocycles. The monoisotopic (exact) mass is 276 g/mol. The van der Waals surface area contributed by atoms with Crippen molar-refractivity contribution in [1.82, 2.24) is 0 Å². The highest BCUT2D eigenvalue weighted by molar-refractivity contribution is 5.73. The van der Waals surface area contributed by atoms with Gasteiger partial charge in [-0.1, -0.05) is 12.5 Å². The number of hydrogen-bond acceptors (Lipinski definition) is 5. The highest BCUT2D eigenvalue weighted by Gasteiger charge is 2.36. The molecule has 1 aromatic rings. The molecule has 1 aromatic carbocycles. The van der Waals surface area contributed by atoms with Crippen LogP contribution in [0.4, 0.5) is 5.69 Å². The summed E-state index contributed by atoms with van der Waals surface area (Å²) in [5, 5.41) is 10.8. The molecule has 2 atom stereocenters. The largest absolute Gasteiger partial charge is 0.460 e. The Morgan fingerprint density at radius 1 is 1.40 bits per heavy atom. The number of nitrogens with zero attached hydrogens (tertiary/aromatic N) is 1. The summed E-state index contributed by atoms with van der Waals surface area (Å²) in [6.45, 7) is 0. The molecule has 2 N–H and O–H groups in total. The Kier molecular flexibility index (Phi) is 3.17. The molecule has 6 nitrogen and oxygen atoms in total. The molecule has 2 aliphatic rings. The number of non-ortho nitro benzene ring substituents is 1. The summed E-state index contributed by atoms with van der Waals surface area (Å²) < 4.78 is 5.48. The lowest BCUT2D eigenvalue weighted by Crippen LogP contribution is -2.33. The predicted octanol–water partition coefficient (Wildman–Crippen LogP) is 1.86. The summed E-state index contributed by atoms with van der Waals surface area (Å²) in [7, 11) is 0. The minimum Gasteiger partial charge on any atom is -0.460 e. The van der Waals surface area contributed by atoms with Crippen LogP contribution in [-0.2, 0) is 16.0 Å². The van der Waals surface area contributed by atoms with E-state index in [1.54, 1.807) is 6.07 Å². The Morgan fingerprint density at radius 2 is 2.15 bits per heavy atom. The first kappa shape index (κ1) is 13.1. The molecule has 0 aliphatic heterocycles. The molecule has 0 aromatic heterocycles. The van der Waals surface area contributed by atoms with Crippen LogP contribution >= 0.6 is 0 Å². The third-order valence-corrected chi connectivity index (χ3v) is 4.23. The zero-order chi connectivity index (χ0) is 14.3. The standard InChI is InChI=1S/C14H16N2O4/c15-13-11-7-10(16(18)19)5-4-9(11)6-12(13)20-14(17)8-2-1-3-8/h4-5,7-8,12-13H,1-3,6,15H2/t12-,13-/m1/s1. The first-order valence-corrected chi connectivity index (χ1v) is 6.79. The van der Waals surface area contributed by atoms with E-state index in [1.165, 1.54) is 12.1 Å². The van der Waals surface area contributed by atoms with Gasteiger partial charge in [-0.25, -0.2) is 0 Å². The molecule has 2 aliphatic carbocycles. The van der Waals surface area contributed by atoms with Crippen molar-refractivity contribution in [3.8, 4) is 0 Å². The highest BCUT2D eigenvalue weighted by Crippen LogP contribution is 2.36. The second kappa shape index (κ2) is 4.86. The number of fused-ring (bicyclic) bond motifs is 1. The first-order valence-electron chi connectivity index (χ1n) is 6.79. The summed E-state index contributed by atoms with van der Waals surface area (Å²) in [6, 6.07) is 4.16. The van der Waals surface area contributed by atoms with Gasteiger partial charge in [0.25, 0.3) is 5.69 Å². The molecular formula is C14H16N2O4. The van der Waals surface area contributed by atoms with Crippen molar-refractivity contribution in [3.05, 3.63) is 39.4 Å². The smallest absolute Gasteiger partial charge is 0.309 e. The number of carbonyl (C=O) groups excluding carboxylic acids is 1. The van der Waals surface area contributed by atoms with E-state index in [9.17, 15) is 14.9 Å². The maximum atomic E-state index is 11.9. The van der Waals surface area contributed by atoms with E-state index >= 15 is 0 Å². The zero-order valence-electron chi connectivity index (χ0n) is 11.0. The van der Waals surface area contributed by atoms with Gasteiger partial charge in [0.15, 0.2) is 0 Å². The summed E-state index contributed by atoms with van der Waals surface area (Å²) in [6.07, 6.45) is 2.98. The highest BCUT2D eigenvalue weighted by atomic mass is 16.6. The topological polar surface area (TPSA) is 95.5 Å². The number of benzene rings is 1. The van der Waals surface area contributed by atoms with Crippen LogP contribution in [0.5, 0.6) is 0 Å². The Labute approximate surface area is 116 Å². The maximum absolute atomic E-state index is 11.9. The molecule has 106 valence electrons. The van der Waals surface area contributed by atoms with Gasteiger partial charge < -0.3 is 10.5 Å². The summed E-state index contributed by atoms with van der Waals surface area (Å²) >= 11 is 0. The van der Waals surface area contributed by atoms with Gasteiger partial charge in [-0.3, -0.25) is 14.9 Å². The summed E-state index contributed by atoms with van der Waals surface area (Å²) in [4.78, 5) is 22.2. The molecular weight excluding hydrogens is 260 g/mol. The number of carbonyl (C=O) groups is 1. The van der Waals surface area contributed by atoms with Crippen molar-refractivity contribution in [1.29, 1.82) is 0 Å². The number of rotatable bonds is 3. The first-order chi connectivity index (χ1) is 9.56. The van der Waals surface area contributed by atoms with Crippen LogP contribution in [0.2, 0.25) is 0 Å². The SMILES string of the molecule is N[C@@H]1c2cc([N+](=O)[O-])ccc2C[C@H]1OC(=O)C1CCC1. The van der Waals surface area contributed by atoms with Crippen LogP contribution < -0.4 is 5.73 Å². The molecule has 0 heterocycles. The van der Waals surface area contributed by atoms with Crippen molar-refractivity contribution in [3.63, 3.8) is 0 Å². The number of nitro groups is 1. The van der Waals surface area contributed by atoms with Crippen LogP contribution in [0, 0.1) is 16.0 Å². The molecule has 0 spiro atoms. The third kappa shape index (κ3) is 2.16. The van der Waals surface area contributed by atoms with Gasteiger partial charge in [-0.2, -0.15) is 0 Å². The Morgan fingerprint density at radius 3 is 2.75 bits per heavy atom. The van der Waals surface area contributed by atoms with Gasteiger partial charge >= 0.3 is 5.97 Å². The van der Waals surface area contributed by atoms with E-state index < -0.39 is 17.1 Å². The number of hydrogen-bond donors (Lipinski definition) is 1. The minimum absolute atomic E-state index is 0.0141. The number of esters is 1. The van der Waals surface area contributed by atoms with E-state index in [1.807, 2.05) is 0 Å². The average Bonchev–Trinajstić information content (AvgIpc) is 2.63.